The van der Waals surface area contributed by atoms with E-state index in [1.165, 1.54) is 0 Å². The first-order valence-electron chi connectivity index (χ1n) is 8.48. The maximum Gasteiger partial charge on any atom is 0.306 e. The fraction of sp³-hybridized carbons (Fsp3) is 0.421. The molecule has 1 aliphatic rings. The molecule has 0 saturated carbocycles. The lowest BCUT2D eigenvalue weighted by molar-refractivity contribution is -0.148. The van der Waals surface area contributed by atoms with Gasteiger partial charge in [-0.2, -0.15) is 0 Å². The zero-order chi connectivity index (χ0) is 18.0. The van der Waals surface area contributed by atoms with E-state index in [2.05, 4.69) is 4.98 Å². The number of aromatic nitrogens is 1. The summed E-state index contributed by atoms with van der Waals surface area (Å²) in [6.07, 6.45) is 0.669. The lowest BCUT2D eigenvalue weighted by Crippen LogP contribution is -2.45. The molecule has 6 nitrogen and oxygen atoms in total. The summed E-state index contributed by atoms with van der Waals surface area (Å²) in [7, 11) is 0. The number of rotatable bonds is 4. The SMILES string of the molecule is Cc1oc(-c2ccccc2)nc1CC(=O)N1CCC(C(=O)O)C(C)C1. The van der Waals surface area contributed by atoms with Gasteiger partial charge in [0.05, 0.1) is 18.0 Å². The van der Waals surface area contributed by atoms with Crippen LogP contribution in [-0.4, -0.2) is 40.0 Å². The van der Waals surface area contributed by atoms with Crippen molar-refractivity contribution in [2.45, 2.75) is 26.7 Å². The molecule has 2 heterocycles. The topological polar surface area (TPSA) is 83.6 Å². The van der Waals surface area contributed by atoms with Gasteiger partial charge in [0.25, 0.3) is 0 Å². The highest BCUT2D eigenvalue weighted by Gasteiger charge is 2.33. The van der Waals surface area contributed by atoms with Crippen molar-refractivity contribution >= 4 is 11.9 Å². The molecule has 1 amide bonds. The van der Waals surface area contributed by atoms with Crippen LogP contribution in [0.4, 0.5) is 0 Å². The third-order valence-corrected chi connectivity index (χ3v) is 4.81. The van der Waals surface area contributed by atoms with Gasteiger partial charge in [0.15, 0.2) is 0 Å². The van der Waals surface area contributed by atoms with Crippen molar-refractivity contribution in [3.8, 4) is 11.5 Å². The third kappa shape index (κ3) is 3.73. The predicted octanol–water partition coefficient (Wildman–Crippen LogP) is 2.76. The molecule has 0 radical (unpaired) electrons. The number of likely N-dealkylation sites (tertiary alicyclic amines) is 1. The second-order valence-electron chi connectivity index (χ2n) is 6.62. The van der Waals surface area contributed by atoms with E-state index in [4.69, 9.17) is 4.42 Å². The monoisotopic (exact) mass is 342 g/mol. The van der Waals surface area contributed by atoms with E-state index in [9.17, 15) is 14.7 Å². The molecule has 6 heteroatoms. The quantitative estimate of drug-likeness (QED) is 0.924. The lowest BCUT2D eigenvalue weighted by atomic mass is 9.87. The summed E-state index contributed by atoms with van der Waals surface area (Å²) in [5, 5.41) is 9.19. The minimum atomic E-state index is -0.778. The van der Waals surface area contributed by atoms with E-state index >= 15 is 0 Å². The number of piperidine rings is 1. The van der Waals surface area contributed by atoms with Crippen molar-refractivity contribution in [2.24, 2.45) is 11.8 Å². The average Bonchev–Trinajstić information content (AvgIpc) is 2.96. The predicted molar refractivity (Wildman–Crippen MR) is 91.9 cm³/mol. The minimum Gasteiger partial charge on any atom is -0.481 e. The van der Waals surface area contributed by atoms with Crippen molar-refractivity contribution < 1.29 is 19.1 Å². The van der Waals surface area contributed by atoms with Gasteiger partial charge in [-0.1, -0.05) is 25.1 Å². The molecule has 1 aromatic heterocycles. The third-order valence-electron chi connectivity index (χ3n) is 4.81. The number of benzene rings is 1. The molecule has 0 bridgehead atoms. The summed E-state index contributed by atoms with van der Waals surface area (Å²) in [6.45, 7) is 4.63. The standard InChI is InChI=1S/C19H22N2O4/c1-12-11-21(9-8-15(12)19(23)24)17(22)10-16-13(2)25-18(20-16)14-6-4-3-5-7-14/h3-7,12,15H,8-11H2,1-2H3,(H,23,24). The summed E-state index contributed by atoms with van der Waals surface area (Å²) in [4.78, 5) is 30.0. The Morgan fingerprint density at radius 1 is 1.32 bits per heavy atom. The Labute approximate surface area is 146 Å². The van der Waals surface area contributed by atoms with E-state index < -0.39 is 5.97 Å². The van der Waals surface area contributed by atoms with Crippen LogP contribution in [0.1, 0.15) is 24.8 Å². The van der Waals surface area contributed by atoms with Crippen molar-refractivity contribution in [3.63, 3.8) is 0 Å². The molecule has 25 heavy (non-hydrogen) atoms. The van der Waals surface area contributed by atoms with Gasteiger partial charge in [-0.3, -0.25) is 9.59 Å². The van der Waals surface area contributed by atoms with Crippen molar-refractivity contribution in [1.29, 1.82) is 0 Å². The van der Waals surface area contributed by atoms with Gasteiger partial charge in [-0.15, -0.1) is 0 Å². The fourth-order valence-electron chi connectivity index (χ4n) is 3.29. The first kappa shape index (κ1) is 17.2. The molecule has 3 rings (SSSR count). The number of nitrogens with zero attached hydrogens (tertiary/aromatic N) is 2. The van der Waals surface area contributed by atoms with Gasteiger partial charge < -0.3 is 14.4 Å². The normalized spacial score (nSPS) is 20.5. The van der Waals surface area contributed by atoms with E-state index in [1.807, 2.05) is 37.3 Å². The number of carbonyl (C=O) groups is 2. The van der Waals surface area contributed by atoms with E-state index in [-0.39, 0.29) is 24.2 Å². The van der Waals surface area contributed by atoms with Gasteiger partial charge in [0.2, 0.25) is 11.8 Å². The largest absolute Gasteiger partial charge is 0.481 e. The van der Waals surface area contributed by atoms with E-state index in [0.717, 1.165) is 5.56 Å². The number of aliphatic carboxylic acids is 1. The summed E-state index contributed by atoms with van der Waals surface area (Å²) in [6, 6.07) is 9.57. The molecule has 1 saturated heterocycles. The molecule has 2 aromatic rings. The van der Waals surface area contributed by atoms with Crippen LogP contribution in [0.5, 0.6) is 0 Å². The molecule has 2 unspecified atom stereocenters. The van der Waals surface area contributed by atoms with Crippen molar-refractivity contribution in [3.05, 3.63) is 41.8 Å². The van der Waals surface area contributed by atoms with Crippen LogP contribution in [0.15, 0.2) is 34.7 Å². The summed E-state index contributed by atoms with van der Waals surface area (Å²) >= 11 is 0. The number of aryl methyl sites for hydroxylation is 1. The number of carbonyl (C=O) groups excluding carboxylic acids is 1. The maximum absolute atomic E-state index is 12.6. The van der Waals surface area contributed by atoms with Crippen molar-refractivity contribution in [2.75, 3.05) is 13.1 Å². The Bertz CT molecular complexity index is 769. The Morgan fingerprint density at radius 3 is 2.68 bits per heavy atom. The summed E-state index contributed by atoms with van der Waals surface area (Å²) in [5.74, 6) is -0.0818. The first-order valence-corrected chi connectivity index (χ1v) is 8.48. The lowest BCUT2D eigenvalue weighted by Gasteiger charge is -2.34. The number of hydrogen-bond acceptors (Lipinski definition) is 4. The van der Waals surface area contributed by atoms with Gasteiger partial charge in [0.1, 0.15) is 5.76 Å². The number of oxazole rings is 1. The molecule has 1 aliphatic heterocycles. The van der Waals surface area contributed by atoms with Crippen LogP contribution in [0, 0.1) is 18.8 Å². The zero-order valence-electron chi connectivity index (χ0n) is 14.4. The highest BCUT2D eigenvalue weighted by Crippen LogP contribution is 2.25. The zero-order valence-corrected chi connectivity index (χ0v) is 14.4. The summed E-state index contributed by atoms with van der Waals surface area (Å²) < 4.78 is 5.70. The van der Waals surface area contributed by atoms with Crippen LogP contribution < -0.4 is 0 Å². The van der Waals surface area contributed by atoms with E-state index in [1.54, 1.807) is 11.8 Å². The first-order chi connectivity index (χ1) is 12.0. The van der Waals surface area contributed by atoms with Crippen LogP contribution in [0.3, 0.4) is 0 Å². The second-order valence-corrected chi connectivity index (χ2v) is 6.62. The van der Waals surface area contributed by atoms with Crippen LogP contribution in [0.25, 0.3) is 11.5 Å². The number of hydrogen-bond donors (Lipinski definition) is 1. The number of amides is 1. The molecule has 1 fully saturated rings. The Kier molecular flexibility index (Phi) is 4.88. The van der Waals surface area contributed by atoms with Gasteiger partial charge in [0, 0.05) is 18.7 Å². The average molecular weight is 342 g/mol. The van der Waals surface area contributed by atoms with Gasteiger partial charge in [-0.25, -0.2) is 4.98 Å². The molecular formula is C19H22N2O4. The number of carboxylic acids is 1. The smallest absolute Gasteiger partial charge is 0.306 e. The molecule has 1 N–H and O–H groups in total. The molecule has 1 aromatic carbocycles. The highest BCUT2D eigenvalue weighted by atomic mass is 16.4. The van der Waals surface area contributed by atoms with Crippen LogP contribution >= 0.6 is 0 Å². The second kappa shape index (κ2) is 7.09. The molecule has 0 aliphatic carbocycles. The highest BCUT2D eigenvalue weighted by molar-refractivity contribution is 5.79. The Morgan fingerprint density at radius 2 is 2.04 bits per heavy atom. The van der Waals surface area contributed by atoms with Gasteiger partial charge >= 0.3 is 5.97 Å². The number of carboxylic acid groups (broad SMARTS) is 1. The van der Waals surface area contributed by atoms with E-state index in [0.29, 0.717) is 36.9 Å². The molecule has 2 atom stereocenters. The van der Waals surface area contributed by atoms with Crippen LogP contribution in [0.2, 0.25) is 0 Å². The Hall–Kier alpha value is -2.63. The van der Waals surface area contributed by atoms with Crippen LogP contribution in [-0.2, 0) is 16.0 Å². The molecule has 0 spiro atoms. The van der Waals surface area contributed by atoms with Crippen molar-refractivity contribution in [1.82, 2.24) is 9.88 Å². The maximum atomic E-state index is 12.6. The molecule has 132 valence electrons. The fourth-order valence-corrected chi connectivity index (χ4v) is 3.29. The van der Waals surface area contributed by atoms with Gasteiger partial charge in [-0.05, 0) is 31.4 Å². The Balaban J connectivity index is 1.68. The molecular weight excluding hydrogens is 320 g/mol. The minimum absolute atomic E-state index is 0.0355. The summed E-state index contributed by atoms with van der Waals surface area (Å²) in [5.41, 5.74) is 1.51.